The van der Waals surface area contributed by atoms with Gasteiger partial charge in [-0.15, -0.1) is 0 Å². The Bertz CT molecular complexity index is 833. The molecule has 0 aromatic rings. The number of hydrogen-bond acceptors (Lipinski definition) is 7. The lowest BCUT2D eigenvalue weighted by molar-refractivity contribution is -0.282. The molecule has 5 aliphatic carbocycles. The maximum absolute atomic E-state index is 13.6. The van der Waals surface area contributed by atoms with Crippen LogP contribution in [0.25, 0.3) is 0 Å². The molecule has 172 valence electrons. The SMILES string of the molecule is CCN1C[C@]2(COC)C(=O)CC[C@]34C1[C@H]([C@H](OC)[C@H]23)[C@@]1(O)C[C@@H](OC)C(=O)[C@H]2C[C@@H]4[C@H]21. The predicted octanol–water partition coefficient (Wildman–Crippen LogP) is 0.918. The quantitative estimate of drug-likeness (QED) is 0.690. The van der Waals surface area contributed by atoms with Gasteiger partial charge in [0.15, 0.2) is 5.78 Å². The van der Waals surface area contributed by atoms with Crippen molar-refractivity contribution in [2.75, 3.05) is 41.0 Å². The molecule has 5 saturated carbocycles. The summed E-state index contributed by atoms with van der Waals surface area (Å²) >= 11 is 0. The van der Waals surface area contributed by atoms with Crippen molar-refractivity contribution >= 4 is 11.6 Å². The van der Waals surface area contributed by atoms with Crippen LogP contribution in [-0.2, 0) is 23.8 Å². The molecule has 1 spiro atoms. The molecule has 7 nitrogen and oxygen atoms in total. The molecule has 1 aliphatic heterocycles. The van der Waals surface area contributed by atoms with E-state index in [-0.39, 0.29) is 58.7 Å². The summed E-state index contributed by atoms with van der Waals surface area (Å²) in [5.74, 6) is 0.424. The summed E-state index contributed by atoms with van der Waals surface area (Å²) in [6.07, 6.45) is 1.78. The van der Waals surface area contributed by atoms with Gasteiger partial charge in [0.25, 0.3) is 0 Å². The minimum absolute atomic E-state index is 0.0284. The molecule has 7 heteroatoms. The zero-order valence-corrected chi connectivity index (χ0v) is 19.0. The second-order valence-corrected chi connectivity index (χ2v) is 11.1. The van der Waals surface area contributed by atoms with E-state index in [0.717, 1.165) is 19.4 Å². The van der Waals surface area contributed by atoms with Crippen LogP contribution in [0, 0.1) is 40.4 Å². The molecular weight excluding hydrogens is 398 g/mol. The zero-order valence-electron chi connectivity index (χ0n) is 19.0. The number of carbonyl (C=O) groups is 2. The van der Waals surface area contributed by atoms with Crippen LogP contribution in [0.15, 0.2) is 0 Å². The molecule has 0 aromatic carbocycles. The summed E-state index contributed by atoms with van der Waals surface area (Å²) in [5, 5.41) is 12.4. The van der Waals surface area contributed by atoms with Gasteiger partial charge in [-0.05, 0) is 30.7 Å². The Hall–Kier alpha value is -0.860. The van der Waals surface area contributed by atoms with Crippen molar-refractivity contribution in [3.05, 3.63) is 0 Å². The van der Waals surface area contributed by atoms with E-state index in [2.05, 4.69) is 11.8 Å². The fourth-order valence-corrected chi connectivity index (χ4v) is 10.1. The van der Waals surface area contributed by atoms with E-state index in [0.29, 0.717) is 26.0 Å². The summed E-state index contributed by atoms with van der Waals surface area (Å²) in [7, 11) is 4.99. The number of hydrogen-bond donors (Lipinski definition) is 1. The van der Waals surface area contributed by atoms with E-state index in [1.807, 2.05) is 0 Å². The van der Waals surface area contributed by atoms with Gasteiger partial charge in [-0.25, -0.2) is 0 Å². The van der Waals surface area contributed by atoms with Gasteiger partial charge in [-0.3, -0.25) is 14.5 Å². The van der Waals surface area contributed by atoms with Gasteiger partial charge >= 0.3 is 0 Å². The minimum atomic E-state index is -1.00. The first kappa shape index (κ1) is 20.7. The number of ether oxygens (including phenoxy) is 3. The van der Waals surface area contributed by atoms with Crippen LogP contribution in [0.1, 0.15) is 32.6 Å². The lowest BCUT2D eigenvalue weighted by Crippen LogP contribution is -2.79. The fourth-order valence-electron chi connectivity index (χ4n) is 10.1. The highest BCUT2D eigenvalue weighted by atomic mass is 16.5. The Morgan fingerprint density at radius 3 is 2.58 bits per heavy atom. The number of aliphatic hydroxyl groups is 1. The van der Waals surface area contributed by atoms with Crippen LogP contribution in [0.4, 0.5) is 0 Å². The minimum Gasteiger partial charge on any atom is -0.389 e. The summed E-state index contributed by atoms with van der Waals surface area (Å²) in [6.45, 7) is 4.05. The van der Waals surface area contributed by atoms with Gasteiger partial charge in [0, 0.05) is 70.4 Å². The van der Waals surface area contributed by atoms with Crippen molar-refractivity contribution in [1.82, 2.24) is 4.90 Å². The van der Waals surface area contributed by atoms with Gasteiger partial charge in [0.1, 0.15) is 11.9 Å². The molecule has 1 saturated heterocycles. The topological polar surface area (TPSA) is 85.3 Å². The van der Waals surface area contributed by atoms with Crippen LogP contribution >= 0.6 is 0 Å². The zero-order chi connectivity index (χ0) is 21.9. The van der Waals surface area contributed by atoms with Gasteiger partial charge in [-0.2, -0.15) is 0 Å². The second kappa shape index (κ2) is 6.38. The summed E-state index contributed by atoms with van der Waals surface area (Å²) in [6, 6.07) is 0.170. The van der Waals surface area contributed by atoms with Gasteiger partial charge in [-0.1, -0.05) is 6.92 Å². The highest BCUT2D eigenvalue weighted by Gasteiger charge is 2.86. The molecule has 1 heterocycles. The number of methoxy groups -OCH3 is 3. The number of Topliss-reactive ketones (excluding diaryl/α,β-unsaturated/α-hetero) is 2. The molecule has 11 atom stereocenters. The van der Waals surface area contributed by atoms with Crippen molar-refractivity contribution in [2.45, 2.75) is 56.5 Å². The van der Waals surface area contributed by atoms with E-state index in [1.165, 1.54) is 0 Å². The normalized spacial score (nSPS) is 56.9. The molecule has 0 amide bonds. The number of ketones is 2. The third-order valence-corrected chi connectivity index (χ3v) is 10.7. The van der Waals surface area contributed by atoms with E-state index in [9.17, 15) is 14.7 Å². The number of piperidine rings is 1. The smallest absolute Gasteiger partial charge is 0.165 e. The lowest BCUT2D eigenvalue weighted by atomic mass is 9.35. The second-order valence-electron chi connectivity index (χ2n) is 11.1. The third kappa shape index (κ3) is 2.02. The Kier molecular flexibility index (Phi) is 4.27. The average Bonchev–Trinajstić information content (AvgIpc) is 2.91. The highest BCUT2D eigenvalue weighted by molar-refractivity contribution is 5.90. The van der Waals surface area contributed by atoms with Crippen LogP contribution in [0.2, 0.25) is 0 Å². The summed E-state index contributed by atoms with van der Waals surface area (Å²) in [5.41, 5.74) is -1.70. The summed E-state index contributed by atoms with van der Waals surface area (Å²) in [4.78, 5) is 29.1. The van der Waals surface area contributed by atoms with E-state index in [4.69, 9.17) is 14.2 Å². The molecule has 1 N–H and O–H groups in total. The van der Waals surface area contributed by atoms with E-state index in [1.54, 1.807) is 21.3 Å². The largest absolute Gasteiger partial charge is 0.389 e. The maximum atomic E-state index is 13.6. The van der Waals surface area contributed by atoms with Crippen LogP contribution in [-0.4, -0.2) is 86.4 Å². The fraction of sp³-hybridized carbons (Fsp3) is 0.917. The molecular formula is C24H35NO6. The number of likely N-dealkylation sites (tertiary alicyclic amines) is 1. The van der Waals surface area contributed by atoms with Crippen molar-refractivity contribution in [1.29, 1.82) is 0 Å². The average molecular weight is 434 g/mol. The molecule has 6 aliphatic rings. The summed E-state index contributed by atoms with van der Waals surface area (Å²) < 4.78 is 17.5. The molecule has 31 heavy (non-hydrogen) atoms. The molecule has 0 aromatic heterocycles. The molecule has 5 bridgehead atoms. The highest BCUT2D eigenvalue weighted by Crippen LogP contribution is 2.79. The van der Waals surface area contributed by atoms with Gasteiger partial charge < -0.3 is 19.3 Å². The molecule has 6 rings (SSSR count). The first-order valence-corrected chi connectivity index (χ1v) is 11.9. The number of rotatable bonds is 5. The van der Waals surface area contributed by atoms with Crippen LogP contribution < -0.4 is 0 Å². The molecule has 0 radical (unpaired) electrons. The Labute approximate surface area is 183 Å². The predicted molar refractivity (Wildman–Crippen MR) is 110 cm³/mol. The first-order chi connectivity index (χ1) is 14.9. The van der Waals surface area contributed by atoms with Crippen LogP contribution in [0.3, 0.4) is 0 Å². The van der Waals surface area contributed by atoms with E-state index < -0.39 is 17.1 Å². The van der Waals surface area contributed by atoms with Gasteiger partial charge in [0.2, 0.25) is 0 Å². The maximum Gasteiger partial charge on any atom is 0.165 e. The number of nitrogens with zero attached hydrogens (tertiary/aromatic N) is 1. The van der Waals surface area contributed by atoms with Crippen LogP contribution in [0.5, 0.6) is 0 Å². The Morgan fingerprint density at radius 1 is 1.16 bits per heavy atom. The first-order valence-electron chi connectivity index (χ1n) is 11.9. The Morgan fingerprint density at radius 2 is 1.94 bits per heavy atom. The van der Waals surface area contributed by atoms with Crippen molar-refractivity contribution in [3.63, 3.8) is 0 Å². The van der Waals surface area contributed by atoms with Crippen molar-refractivity contribution in [3.8, 4) is 0 Å². The lowest BCUT2D eigenvalue weighted by Gasteiger charge is -2.73. The third-order valence-electron chi connectivity index (χ3n) is 10.7. The molecule has 6 fully saturated rings. The van der Waals surface area contributed by atoms with Crippen molar-refractivity contribution in [2.24, 2.45) is 40.4 Å². The number of fused-ring (bicyclic) bond motifs is 1. The monoisotopic (exact) mass is 433 g/mol. The number of carbonyl (C=O) groups excluding carboxylic acids is 2. The van der Waals surface area contributed by atoms with E-state index >= 15 is 0 Å². The standard InChI is InChI=1S/C24H35NO6/c1-5-25-10-22(11-29-2)15(26)6-7-23-13-8-12-16(13)24(28,9-14(30-3)18(12)27)17(21(23)25)19(31-4)20(22)23/h12-14,16-17,19-21,28H,5-11H2,1-4H3/t12-,13+,14+,16-,17-,19-,20+,21?,22-,23+,24+/m0/s1. The molecule has 1 unspecified atom stereocenters. The van der Waals surface area contributed by atoms with Gasteiger partial charge in [0.05, 0.1) is 23.7 Å². The Balaban J connectivity index is 1.58. The van der Waals surface area contributed by atoms with Crippen molar-refractivity contribution < 1.29 is 28.9 Å².